The van der Waals surface area contributed by atoms with Gasteiger partial charge in [0, 0.05) is 24.2 Å². The molecule has 8 rings (SSSR count). The second-order valence-corrected chi connectivity index (χ2v) is 17.6. The predicted molar refractivity (Wildman–Crippen MR) is 226 cm³/mol. The lowest BCUT2D eigenvalue weighted by Crippen LogP contribution is -2.38. The molecule has 0 aliphatic carbocycles. The fourth-order valence-corrected chi connectivity index (χ4v) is 8.17. The third-order valence-electron chi connectivity index (χ3n) is 11.1. The quantitative estimate of drug-likeness (QED) is 0.153. The maximum Gasteiger partial charge on any atom is 0.262 e. The third-order valence-corrected chi connectivity index (χ3v) is 11.1. The second-order valence-electron chi connectivity index (χ2n) is 17.6. The summed E-state index contributed by atoms with van der Waals surface area (Å²) in [5, 5.41) is 17.5. The van der Waals surface area contributed by atoms with E-state index in [4.69, 9.17) is 0 Å². The molecule has 0 unspecified atom stereocenters. The summed E-state index contributed by atoms with van der Waals surface area (Å²) < 4.78 is 7.76. The molecule has 18 nitrogen and oxygen atoms in total. The van der Waals surface area contributed by atoms with Crippen molar-refractivity contribution < 1.29 is 0 Å². The van der Waals surface area contributed by atoms with Crippen LogP contribution < -0.4 is 44.5 Å². The van der Waals surface area contributed by atoms with Crippen LogP contribution in [-0.4, -0.2) is 48.3 Å². The smallest absolute Gasteiger partial charge is 0.262 e. The van der Waals surface area contributed by atoms with Crippen LogP contribution in [0.4, 0.5) is 0 Å². The zero-order valence-corrected chi connectivity index (χ0v) is 34.3. The largest absolute Gasteiger partial charge is 0.269 e. The molecule has 0 aliphatic heterocycles. The Morgan fingerprint density at radius 1 is 0.400 bits per heavy atom. The summed E-state index contributed by atoms with van der Waals surface area (Å²) in [6.45, 7) is 11.5. The molecule has 6 heterocycles. The summed E-state index contributed by atoms with van der Waals surface area (Å²) in [7, 11) is 0. The highest BCUT2D eigenvalue weighted by atomic mass is 16.2. The molecule has 0 fully saturated rings. The molecule has 0 bridgehead atoms. The summed E-state index contributed by atoms with van der Waals surface area (Å²) in [6.07, 6.45) is 9.01. The fourth-order valence-electron chi connectivity index (χ4n) is 8.17. The van der Waals surface area contributed by atoms with Crippen molar-refractivity contribution in [3.8, 4) is 0 Å². The molecule has 18 heteroatoms. The second kappa shape index (κ2) is 14.5. The number of nitrogens with zero attached hydrogens (tertiary/aromatic N) is 10. The first kappa shape index (κ1) is 40.1. The standard InChI is InChI=1S/C42H44N10O8/c1-41(2,3)51-37(57)29-15-25-26(16-30(29)38(51)58)34(54)49(33(25)53)21-23-19-47(45-43-23)13-11-9-7-8-10-12-14-48-20-24(44-46-48)22-50-35(55)27-17-31-32(18-28(27)36(50)56)40(60)52(39(31)59)42(4,5)6/h15-20H,7-14,21-22H2,1-6H3. The number of rotatable bonds is 13. The topological polar surface area (TPSA) is 218 Å². The average molecular weight is 817 g/mol. The molecule has 0 amide bonds. The molecule has 0 saturated carbocycles. The van der Waals surface area contributed by atoms with E-state index in [0.717, 1.165) is 56.8 Å². The molecule has 0 radical (unpaired) electrons. The van der Waals surface area contributed by atoms with Crippen molar-refractivity contribution in [2.45, 2.75) is 117 Å². The van der Waals surface area contributed by atoms with Crippen molar-refractivity contribution in [2.24, 2.45) is 0 Å². The summed E-state index contributed by atoms with van der Waals surface area (Å²) in [6, 6.07) is 5.41. The Hall–Kier alpha value is -6.72. The van der Waals surface area contributed by atoms with Crippen LogP contribution in [0, 0.1) is 0 Å². The Balaban J connectivity index is 0.804. The Kier molecular flexibility index (Phi) is 9.70. The van der Waals surface area contributed by atoms with E-state index in [1.54, 1.807) is 63.3 Å². The van der Waals surface area contributed by atoms with Crippen LogP contribution >= 0.6 is 0 Å². The molecule has 6 aromatic heterocycles. The first-order valence-electron chi connectivity index (χ1n) is 20.0. The fraction of sp³-hybridized carbons (Fsp3) is 0.429. The van der Waals surface area contributed by atoms with Crippen LogP contribution in [0.1, 0.15) is 91.5 Å². The van der Waals surface area contributed by atoms with Crippen molar-refractivity contribution in [1.82, 2.24) is 48.3 Å². The van der Waals surface area contributed by atoms with Gasteiger partial charge in [0.1, 0.15) is 11.4 Å². The van der Waals surface area contributed by atoms with Crippen LogP contribution in [0.3, 0.4) is 0 Å². The number of fused-ring (bicyclic) bond motifs is 4. The lowest BCUT2D eigenvalue weighted by atomic mass is 10.1. The van der Waals surface area contributed by atoms with Crippen molar-refractivity contribution in [3.63, 3.8) is 0 Å². The summed E-state index contributed by atoms with van der Waals surface area (Å²) in [5.74, 6) is 0. The molecular weight excluding hydrogens is 773 g/mol. The van der Waals surface area contributed by atoms with Gasteiger partial charge >= 0.3 is 0 Å². The van der Waals surface area contributed by atoms with Crippen LogP contribution in [0.2, 0.25) is 0 Å². The summed E-state index contributed by atoms with van der Waals surface area (Å²) in [5.41, 5.74) is -4.81. The molecule has 0 N–H and O–H groups in total. The SMILES string of the molecule is CC(C)(C)n1c(=O)c2cc3c(=O)n(Cc4cn(CCCCCCCCn5cc(Cn6c(=O)c7cc8c(=O)n(C(C)(C)C)c(=O)c8cc7c6=O)nn5)nn4)c(=O)c3cc2c1=O. The van der Waals surface area contributed by atoms with Crippen molar-refractivity contribution >= 4 is 43.1 Å². The monoisotopic (exact) mass is 816 g/mol. The normalized spacial score (nSPS) is 12.7. The number of unbranched alkanes of at least 4 members (excludes halogenated alkanes) is 5. The van der Waals surface area contributed by atoms with Gasteiger partial charge in [0.25, 0.3) is 44.5 Å². The van der Waals surface area contributed by atoms with Gasteiger partial charge in [0.05, 0.1) is 68.6 Å². The first-order valence-corrected chi connectivity index (χ1v) is 20.0. The Morgan fingerprint density at radius 3 is 0.950 bits per heavy atom. The van der Waals surface area contributed by atoms with Crippen molar-refractivity contribution in [3.05, 3.63) is 131 Å². The van der Waals surface area contributed by atoms with Gasteiger partial charge in [-0.25, -0.2) is 0 Å². The molecule has 0 saturated heterocycles. The zero-order valence-electron chi connectivity index (χ0n) is 34.3. The van der Waals surface area contributed by atoms with Crippen molar-refractivity contribution in [1.29, 1.82) is 0 Å². The molecule has 0 atom stereocenters. The minimum Gasteiger partial charge on any atom is -0.269 e. The average Bonchev–Trinajstić information content (AvgIpc) is 4.01. The van der Waals surface area contributed by atoms with Gasteiger partial charge < -0.3 is 0 Å². The van der Waals surface area contributed by atoms with Crippen LogP contribution in [-0.2, 0) is 37.3 Å². The molecule has 8 aromatic rings. The highest BCUT2D eigenvalue weighted by Gasteiger charge is 2.27. The summed E-state index contributed by atoms with van der Waals surface area (Å²) in [4.78, 5) is 105. The van der Waals surface area contributed by atoms with Gasteiger partial charge in [-0.3, -0.25) is 66.0 Å². The maximum atomic E-state index is 13.3. The first-order chi connectivity index (χ1) is 28.3. The van der Waals surface area contributed by atoms with Gasteiger partial charge in [-0.05, 0) is 78.6 Å². The van der Waals surface area contributed by atoms with E-state index in [1.165, 1.54) is 24.3 Å². The third kappa shape index (κ3) is 6.78. The summed E-state index contributed by atoms with van der Waals surface area (Å²) >= 11 is 0. The Morgan fingerprint density at radius 2 is 0.667 bits per heavy atom. The van der Waals surface area contributed by atoms with Gasteiger partial charge in [-0.1, -0.05) is 36.1 Å². The number of hydrogen-bond acceptors (Lipinski definition) is 12. The highest BCUT2D eigenvalue weighted by molar-refractivity contribution is 5.99. The van der Waals surface area contributed by atoms with Crippen molar-refractivity contribution in [2.75, 3.05) is 0 Å². The van der Waals surface area contributed by atoms with E-state index < -0.39 is 55.6 Å². The molecular formula is C42H44N10O8. The van der Waals surface area contributed by atoms with Crippen LogP contribution in [0.5, 0.6) is 0 Å². The highest BCUT2D eigenvalue weighted by Crippen LogP contribution is 2.20. The van der Waals surface area contributed by atoms with Crippen LogP contribution in [0.15, 0.2) is 75.0 Å². The van der Waals surface area contributed by atoms with E-state index in [1.807, 2.05) is 0 Å². The van der Waals surface area contributed by atoms with E-state index in [9.17, 15) is 38.4 Å². The number of hydrogen-bond donors (Lipinski definition) is 0. The van der Waals surface area contributed by atoms with Gasteiger partial charge in [-0.2, -0.15) is 0 Å². The lowest BCUT2D eigenvalue weighted by molar-refractivity contribution is 0.380. The minimum atomic E-state index is -0.757. The van der Waals surface area contributed by atoms with E-state index in [-0.39, 0.29) is 56.2 Å². The van der Waals surface area contributed by atoms with Gasteiger partial charge in [-0.15, -0.1) is 10.2 Å². The van der Waals surface area contributed by atoms with E-state index in [2.05, 4.69) is 20.6 Å². The van der Waals surface area contributed by atoms with E-state index >= 15 is 0 Å². The predicted octanol–water partition coefficient (Wildman–Crippen LogP) is 1.97. The number of benzene rings is 2. The number of aryl methyl sites for hydroxylation is 2. The Labute approximate surface area is 338 Å². The minimum absolute atomic E-state index is 0.0893. The molecule has 60 heavy (non-hydrogen) atoms. The maximum absolute atomic E-state index is 13.3. The molecule has 0 aliphatic rings. The molecule has 0 spiro atoms. The zero-order chi connectivity index (χ0) is 43.0. The van der Waals surface area contributed by atoms with E-state index in [0.29, 0.717) is 24.5 Å². The van der Waals surface area contributed by atoms with Gasteiger partial charge in [0.2, 0.25) is 0 Å². The molecule has 310 valence electrons. The van der Waals surface area contributed by atoms with Crippen LogP contribution in [0.25, 0.3) is 43.1 Å². The Bertz CT molecular complexity index is 3050. The lowest BCUT2D eigenvalue weighted by Gasteiger charge is -2.18. The number of aromatic nitrogens is 10. The molecule has 2 aromatic carbocycles. The van der Waals surface area contributed by atoms with Gasteiger partial charge in [0.15, 0.2) is 0 Å².